The number of allylic oxidation sites excluding steroid dienone is 2. The van der Waals surface area contributed by atoms with Crippen LogP contribution >= 0.6 is 0 Å². The first kappa shape index (κ1) is 14.3. The Labute approximate surface area is 110 Å². The summed E-state index contributed by atoms with van der Waals surface area (Å²) in [7, 11) is 1.11. The Bertz CT molecular complexity index is 332. The first-order chi connectivity index (χ1) is 6.52. The molecule has 1 aliphatic rings. The molecule has 0 bridgehead atoms. The molecule has 1 aliphatic carbocycles. The van der Waals surface area contributed by atoms with Gasteiger partial charge in [0, 0.05) is 6.08 Å². The molecule has 0 saturated heterocycles. The Morgan fingerprint density at radius 3 is 2.73 bits per heavy atom. The minimum absolute atomic E-state index is 0. The second kappa shape index (κ2) is 5.41. The monoisotopic (exact) mass is 223 g/mol. The number of carbonyl (C=O) groups excluding carboxylic acids is 1. The van der Waals surface area contributed by atoms with E-state index < -0.39 is 22.5 Å². The van der Waals surface area contributed by atoms with Crippen molar-refractivity contribution in [3.8, 4) is 0 Å². The van der Waals surface area contributed by atoms with Crippen LogP contribution in [0.3, 0.4) is 0 Å². The van der Waals surface area contributed by atoms with Gasteiger partial charge in [-0.1, -0.05) is 18.2 Å². The third-order valence-corrected chi connectivity index (χ3v) is 1.96. The molecule has 15 heavy (non-hydrogen) atoms. The zero-order valence-electron chi connectivity index (χ0n) is 9.41. The molecular formula is C8H10NNaO5. The number of nitrogens with zero attached hydrogens (tertiary/aromatic N) is 1. The Morgan fingerprint density at radius 2 is 2.27 bits per heavy atom. The molecule has 1 N–H and O–H groups in total. The van der Waals surface area contributed by atoms with Gasteiger partial charge in [0.1, 0.15) is 0 Å². The third-order valence-electron chi connectivity index (χ3n) is 1.96. The normalized spacial score (nSPS) is 28.0. The van der Waals surface area contributed by atoms with Gasteiger partial charge in [-0.2, -0.15) is 0 Å². The summed E-state index contributed by atoms with van der Waals surface area (Å²) in [6, 6.07) is 0. The Hall–Kier alpha value is -0.690. The first-order valence-electron chi connectivity index (χ1n) is 3.83. The van der Waals surface area contributed by atoms with Gasteiger partial charge < -0.3 is 11.3 Å². The first-order valence-corrected chi connectivity index (χ1v) is 3.83. The Kier molecular flexibility index (Phi) is 5.16. The molecule has 0 aliphatic heterocycles. The van der Waals surface area contributed by atoms with E-state index in [0.29, 0.717) is 0 Å². The second-order valence-electron chi connectivity index (χ2n) is 2.79. The summed E-state index contributed by atoms with van der Waals surface area (Å²) >= 11 is 0. The fourth-order valence-electron chi connectivity index (χ4n) is 1.17. The number of nitro groups is 1. The summed E-state index contributed by atoms with van der Waals surface area (Å²) in [6.45, 7) is 0. The predicted molar refractivity (Wildman–Crippen MR) is 46.8 cm³/mol. The van der Waals surface area contributed by atoms with Crippen molar-refractivity contribution in [1.29, 1.82) is 0 Å². The van der Waals surface area contributed by atoms with Crippen LogP contribution in [0.1, 0.15) is 1.43 Å². The molecule has 0 aromatic heterocycles. The molecule has 78 valence electrons. The number of aliphatic hydroxyl groups is 1. The van der Waals surface area contributed by atoms with Crippen molar-refractivity contribution in [2.45, 2.75) is 5.72 Å². The average molecular weight is 223 g/mol. The quantitative estimate of drug-likeness (QED) is 0.177. The molecule has 0 spiro atoms. The number of carbonyl (C=O) groups is 1. The van der Waals surface area contributed by atoms with Crippen molar-refractivity contribution < 1.29 is 50.5 Å². The van der Waals surface area contributed by atoms with Gasteiger partial charge in [0.2, 0.25) is 0 Å². The van der Waals surface area contributed by atoms with Crippen LogP contribution < -0.4 is 29.6 Å². The number of methoxy groups -OCH3 is 1. The van der Waals surface area contributed by atoms with Gasteiger partial charge in [-0.3, -0.25) is 14.9 Å². The second-order valence-corrected chi connectivity index (χ2v) is 2.79. The largest absolute Gasteiger partial charge is 1.00 e. The van der Waals surface area contributed by atoms with Gasteiger partial charge >= 0.3 is 41.3 Å². The molecule has 7 heteroatoms. The van der Waals surface area contributed by atoms with Crippen LogP contribution in [-0.2, 0) is 9.53 Å². The third kappa shape index (κ3) is 2.66. The smallest absolute Gasteiger partial charge is 1.00 e. The van der Waals surface area contributed by atoms with E-state index in [9.17, 15) is 20.0 Å². The van der Waals surface area contributed by atoms with Gasteiger partial charge in [0.05, 0.1) is 12.0 Å². The molecule has 2 unspecified atom stereocenters. The van der Waals surface area contributed by atoms with Crippen LogP contribution in [0.4, 0.5) is 0 Å². The number of esters is 1. The van der Waals surface area contributed by atoms with Crippen molar-refractivity contribution in [1.82, 2.24) is 0 Å². The van der Waals surface area contributed by atoms with Crippen LogP contribution in [-0.4, -0.2) is 28.8 Å². The predicted octanol–water partition coefficient (Wildman–Crippen LogP) is -3.02. The van der Waals surface area contributed by atoms with Gasteiger partial charge in [-0.15, -0.1) is 0 Å². The fraction of sp³-hybridized carbons (Fsp3) is 0.375. The summed E-state index contributed by atoms with van der Waals surface area (Å²) in [5, 5.41) is 20.1. The maximum absolute atomic E-state index is 11.1. The number of hydrogen-bond acceptors (Lipinski definition) is 5. The van der Waals surface area contributed by atoms with Gasteiger partial charge in [-0.25, -0.2) is 0 Å². The molecule has 0 saturated carbocycles. The zero-order chi connectivity index (χ0) is 10.8. The van der Waals surface area contributed by atoms with E-state index in [1.165, 1.54) is 18.2 Å². The van der Waals surface area contributed by atoms with Crippen LogP contribution in [0.2, 0.25) is 0 Å². The molecule has 1 rings (SSSR count). The summed E-state index contributed by atoms with van der Waals surface area (Å²) in [5.74, 6) is -2.14. The van der Waals surface area contributed by atoms with Crippen LogP contribution in [0.15, 0.2) is 24.3 Å². The number of hydrogen-bond donors (Lipinski definition) is 1. The van der Waals surface area contributed by atoms with Gasteiger partial charge in [-0.05, 0) is 0 Å². The van der Waals surface area contributed by atoms with E-state index >= 15 is 0 Å². The van der Waals surface area contributed by atoms with E-state index in [1.54, 1.807) is 0 Å². The Morgan fingerprint density at radius 1 is 1.67 bits per heavy atom. The topological polar surface area (TPSA) is 89.7 Å². The standard InChI is InChI=1S/C8H9NO5.Na.H/c1-14-7(10)6-4-2-3-5-8(6,11)9(12)13;;/h2-6,11H,1H3;;/q;+1;-1. The van der Waals surface area contributed by atoms with E-state index in [0.717, 1.165) is 13.2 Å². The van der Waals surface area contributed by atoms with Crippen molar-refractivity contribution in [3.63, 3.8) is 0 Å². The van der Waals surface area contributed by atoms with Crippen LogP contribution in [0.5, 0.6) is 0 Å². The van der Waals surface area contributed by atoms with Crippen molar-refractivity contribution in [2.24, 2.45) is 5.92 Å². The maximum atomic E-state index is 11.1. The van der Waals surface area contributed by atoms with Crippen molar-refractivity contribution in [3.05, 3.63) is 34.4 Å². The summed E-state index contributed by atoms with van der Waals surface area (Å²) in [4.78, 5) is 20.8. The molecule has 2 atom stereocenters. The van der Waals surface area contributed by atoms with E-state index in [-0.39, 0.29) is 31.0 Å². The van der Waals surface area contributed by atoms with E-state index in [1.807, 2.05) is 0 Å². The van der Waals surface area contributed by atoms with Crippen LogP contribution in [0, 0.1) is 16.0 Å². The molecule has 6 nitrogen and oxygen atoms in total. The summed E-state index contributed by atoms with van der Waals surface area (Å²) < 4.78 is 4.35. The SMILES string of the molecule is COC(=O)C1C=CC=CC1(O)[N+](=O)[O-].[H-].[Na+]. The minimum atomic E-state index is -2.40. The van der Waals surface area contributed by atoms with Crippen LogP contribution in [0.25, 0.3) is 0 Å². The summed E-state index contributed by atoms with van der Waals surface area (Å²) in [5.41, 5.74) is -2.40. The van der Waals surface area contributed by atoms with Gasteiger partial charge in [0.15, 0.2) is 5.92 Å². The maximum Gasteiger partial charge on any atom is 1.00 e. The number of rotatable bonds is 2. The average Bonchev–Trinajstić information content (AvgIpc) is 2.17. The summed E-state index contributed by atoms with van der Waals surface area (Å²) in [6.07, 6.45) is 4.94. The number of ether oxygens (including phenoxy) is 1. The molecule has 0 aromatic carbocycles. The fourth-order valence-corrected chi connectivity index (χ4v) is 1.17. The molecule has 0 amide bonds. The molecule has 0 radical (unpaired) electrons. The molecular weight excluding hydrogens is 213 g/mol. The van der Waals surface area contributed by atoms with E-state index in [4.69, 9.17) is 0 Å². The zero-order valence-corrected chi connectivity index (χ0v) is 10.4. The van der Waals surface area contributed by atoms with Gasteiger partial charge in [0.25, 0.3) is 0 Å². The molecule has 0 fully saturated rings. The minimum Gasteiger partial charge on any atom is -1.00 e. The van der Waals surface area contributed by atoms with Crippen molar-refractivity contribution in [2.75, 3.05) is 7.11 Å². The molecule has 0 aromatic rings. The van der Waals surface area contributed by atoms with E-state index in [2.05, 4.69) is 4.74 Å². The molecule has 0 heterocycles. The van der Waals surface area contributed by atoms with Crippen molar-refractivity contribution >= 4 is 5.97 Å². The Balaban J connectivity index is 0.